The minimum absolute atomic E-state index is 0.0478. The predicted molar refractivity (Wildman–Crippen MR) is 142 cm³/mol. The van der Waals surface area contributed by atoms with Gasteiger partial charge in [-0.2, -0.15) is 0 Å². The van der Waals surface area contributed by atoms with Crippen LogP contribution in [0.2, 0.25) is 0 Å². The van der Waals surface area contributed by atoms with E-state index in [1.807, 2.05) is 0 Å². The Kier molecular flexibility index (Phi) is 6.50. The molecular formula is C31H40NO2+. The third kappa shape index (κ3) is 4.99. The lowest BCUT2D eigenvalue weighted by Crippen LogP contribution is -2.29. The highest BCUT2D eigenvalue weighted by Crippen LogP contribution is 2.40. The van der Waals surface area contributed by atoms with Crippen LogP contribution in [0, 0.1) is 10.8 Å². The van der Waals surface area contributed by atoms with Crippen molar-refractivity contribution in [3.05, 3.63) is 82.3 Å². The van der Waals surface area contributed by atoms with Crippen LogP contribution in [0.3, 0.4) is 0 Å². The first-order valence-corrected chi connectivity index (χ1v) is 12.7. The van der Waals surface area contributed by atoms with Gasteiger partial charge in [-0.15, -0.1) is 0 Å². The predicted octanol–water partition coefficient (Wildman–Crippen LogP) is 7.34. The monoisotopic (exact) mass is 458 g/mol. The zero-order chi connectivity index (χ0) is 24.7. The Labute approximate surface area is 205 Å². The summed E-state index contributed by atoms with van der Waals surface area (Å²) in [4.78, 5) is 0. The number of ether oxygens (including phenoxy) is 1. The fourth-order valence-electron chi connectivity index (χ4n) is 4.50. The lowest BCUT2D eigenvalue weighted by Gasteiger charge is -2.32. The molecule has 3 heteroatoms. The van der Waals surface area contributed by atoms with Crippen molar-refractivity contribution in [1.29, 1.82) is 0 Å². The first-order chi connectivity index (χ1) is 16.0. The largest absolute Gasteiger partial charge is 0.465 e. The third-order valence-corrected chi connectivity index (χ3v) is 6.69. The third-order valence-electron chi connectivity index (χ3n) is 6.69. The van der Waals surface area contributed by atoms with Crippen molar-refractivity contribution < 1.29 is 9.15 Å². The second-order valence-electron chi connectivity index (χ2n) is 11.5. The Hall–Kier alpha value is -2.81. The average Bonchev–Trinajstić information content (AvgIpc) is 3.17. The molecule has 34 heavy (non-hydrogen) atoms. The second kappa shape index (κ2) is 9.09. The summed E-state index contributed by atoms with van der Waals surface area (Å²) in [6, 6.07) is 8.89. The highest BCUT2D eigenvalue weighted by Gasteiger charge is 2.29. The molecule has 0 aromatic rings. The normalized spacial score (nSPS) is 17.4. The van der Waals surface area contributed by atoms with E-state index >= 15 is 0 Å². The van der Waals surface area contributed by atoms with Gasteiger partial charge in [-0.25, -0.2) is 4.58 Å². The van der Waals surface area contributed by atoms with Crippen LogP contribution < -0.4 is 9.93 Å². The second-order valence-corrected chi connectivity index (χ2v) is 11.5. The summed E-state index contributed by atoms with van der Waals surface area (Å²) in [6.45, 7) is 19.6. The minimum Gasteiger partial charge on any atom is -0.465 e. The van der Waals surface area contributed by atoms with E-state index in [-0.39, 0.29) is 10.8 Å². The van der Waals surface area contributed by atoms with E-state index in [1.165, 1.54) is 27.6 Å². The van der Waals surface area contributed by atoms with Crippen LogP contribution in [0.15, 0.2) is 70.1 Å². The minimum atomic E-state index is -0.0478. The molecule has 2 aliphatic carbocycles. The van der Waals surface area contributed by atoms with Gasteiger partial charge in [0.1, 0.15) is 36.1 Å². The molecule has 180 valence electrons. The molecule has 0 unspecified atom stereocenters. The maximum Gasteiger partial charge on any atom is 0.203 e. The molecule has 0 aromatic carbocycles. The molecule has 0 amide bonds. The summed E-state index contributed by atoms with van der Waals surface area (Å²) >= 11 is 0. The maximum atomic E-state index is 6.51. The molecule has 0 saturated carbocycles. The van der Waals surface area contributed by atoms with Gasteiger partial charge < -0.3 is 9.15 Å². The van der Waals surface area contributed by atoms with Gasteiger partial charge >= 0.3 is 0 Å². The fraction of sp³-hybridized carbons (Fsp3) is 0.452. The molecule has 0 radical (unpaired) electrons. The molecule has 0 N–H and O–H groups in total. The first kappa shape index (κ1) is 24.3. The number of hydrogen-bond acceptors (Lipinski definition) is 2. The van der Waals surface area contributed by atoms with Crippen LogP contribution in [0.1, 0.15) is 73.1 Å². The van der Waals surface area contributed by atoms with Gasteiger partial charge in [0.15, 0.2) is 0 Å². The SMILES string of the molecule is CC[N+](CC)=c1ccc2cc3c(oc-2c1)/C(=C\C=C1C=C(C(C)(C)C)OC(C(C)(C)C)=C1)CC3. The number of fused-ring (bicyclic) bond motifs is 2. The van der Waals surface area contributed by atoms with Crippen LogP contribution in [0.5, 0.6) is 0 Å². The number of rotatable bonds is 3. The quantitative estimate of drug-likeness (QED) is 0.450. The fourth-order valence-corrected chi connectivity index (χ4v) is 4.50. The number of aryl methyl sites for hydroxylation is 1. The lowest BCUT2D eigenvalue weighted by atomic mass is 9.87. The van der Waals surface area contributed by atoms with E-state index in [2.05, 4.69) is 109 Å². The smallest absolute Gasteiger partial charge is 0.203 e. The standard InChI is InChI=1S/C31H40NO2/c1-9-32(10-2)25-16-15-23-19-24-14-13-22(29(24)33-26(23)20-25)12-11-21-17-27(30(3,4)5)34-28(18-21)31(6,7)8/h11-12,15-20H,9-10,13-14H2,1-8H3/q+1/b22-12-. The molecule has 0 saturated heterocycles. The van der Waals surface area contributed by atoms with Gasteiger partial charge in [0, 0.05) is 22.5 Å². The molecule has 0 spiro atoms. The molecular weight excluding hydrogens is 418 g/mol. The Bertz CT molecular complexity index is 1210. The van der Waals surface area contributed by atoms with Gasteiger partial charge in [0.2, 0.25) is 5.36 Å². The van der Waals surface area contributed by atoms with E-state index in [0.717, 1.165) is 49.0 Å². The molecule has 0 atom stereocenters. The van der Waals surface area contributed by atoms with Gasteiger partial charge in [0.25, 0.3) is 0 Å². The molecule has 0 aromatic heterocycles. The van der Waals surface area contributed by atoms with Gasteiger partial charge in [-0.3, -0.25) is 0 Å². The Morgan fingerprint density at radius 1 is 0.853 bits per heavy atom. The topological polar surface area (TPSA) is 25.4 Å². The highest BCUT2D eigenvalue weighted by atomic mass is 16.5. The van der Waals surface area contributed by atoms with Crippen LogP contribution in [0.4, 0.5) is 0 Å². The molecule has 2 aliphatic heterocycles. The van der Waals surface area contributed by atoms with Gasteiger partial charge in [0.05, 0.1) is 6.07 Å². The summed E-state index contributed by atoms with van der Waals surface area (Å²) in [7, 11) is 0. The number of allylic oxidation sites excluding steroid dienone is 8. The first-order valence-electron chi connectivity index (χ1n) is 12.7. The van der Waals surface area contributed by atoms with Crippen molar-refractivity contribution >= 4 is 5.57 Å². The molecule has 3 nitrogen and oxygen atoms in total. The average molecular weight is 459 g/mol. The Morgan fingerprint density at radius 3 is 2.09 bits per heavy atom. The zero-order valence-electron chi connectivity index (χ0n) is 22.2. The van der Waals surface area contributed by atoms with Crippen molar-refractivity contribution in [2.24, 2.45) is 10.8 Å². The summed E-state index contributed by atoms with van der Waals surface area (Å²) in [5, 5.41) is 1.22. The summed E-state index contributed by atoms with van der Waals surface area (Å²) in [5.74, 6) is 4.01. The van der Waals surface area contributed by atoms with Crippen LogP contribution in [-0.4, -0.2) is 13.1 Å². The van der Waals surface area contributed by atoms with E-state index < -0.39 is 0 Å². The Balaban J connectivity index is 1.76. The molecule has 0 bridgehead atoms. The van der Waals surface area contributed by atoms with E-state index in [0.29, 0.717) is 0 Å². The van der Waals surface area contributed by atoms with E-state index in [1.54, 1.807) is 0 Å². The Morgan fingerprint density at radius 2 is 1.50 bits per heavy atom. The van der Waals surface area contributed by atoms with Crippen molar-refractivity contribution in [2.75, 3.05) is 13.1 Å². The van der Waals surface area contributed by atoms with Crippen LogP contribution >= 0.6 is 0 Å². The maximum absolute atomic E-state index is 6.51. The summed E-state index contributed by atoms with van der Waals surface area (Å²) < 4.78 is 15.2. The molecule has 4 rings (SSSR count). The van der Waals surface area contributed by atoms with Gasteiger partial charge in [-0.05, 0) is 67.7 Å². The number of hydrogen-bond donors (Lipinski definition) is 0. The molecule has 0 fully saturated rings. The molecule has 2 heterocycles. The van der Waals surface area contributed by atoms with Gasteiger partial charge in [-0.1, -0.05) is 53.7 Å². The van der Waals surface area contributed by atoms with E-state index in [4.69, 9.17) is 9.15 Å². The summed E-state index contributed by atoms with van der Waals surface area (Å²) in [6.07, 6.45) is 10.8. The number of benzene rings is 1. The van der Waals surface area contributed by atoms with E-state index in [9.17, 15) is 0 Å². The van der Waals surface area contributed by atoms with Crippen LogP contribution in [0.25, 0.3) is 16.9 Å². The lowest BCUT2D eigenvalue weighted by molar-refractivity contribution is 0.161. The summed E-state index contributed by atoms with van der Waals surface area (Å²) in [5.41, 5.74) is 4.82. The number of nitrogens with zero attached hydrogens (tertiary/aromatic N) is 1. The van der Waals surface area contributed by atoms with Crippen molar-refractivity contribution in [1.82, 2.24) is 4.58 Å². The molecule has 4 aliphatic rings. The van der Waals surface area contributed by atoms with Crippen LogP contribution in [-0.2, 0) is 11.2 Å². The van der Waals surface area contributed by atoms with Crippen molar-refractivity contribution in [3.63, 3.8) is 0 Å². The highest BCUT2D eigenvalue weighted by molar-refractivity contribution is 5.74. The zero-order valence-corrected chi connectivity index (χ0v) is 22.2. The van der Waals surface area contributed by atoms with Crippen molar-refractivity contribution in [3.8, 4) is 11.3 Å². The van der Waals surface area contributed by atoms with Crippen molar-refractivity contribution in [2.45, 2.75) is 68.2 Å².